The number of hydrogen-bond acceptors (Lipinski definition) is 5. The van der Waals surface area contributed by atoms with Crippen molar-refractivity contribution in [3.63, 3.8) is 0 Å². The second kappa shape index (κ2) is 4.95. The topological polar surface area (TPSA) is 50.7 Å². The van der Waals surface area contributed by atoms with Gasteiger partial charge in [0.05, 0.1) is 12.7 Å². The van der Waals surface area contributed by atoms with Crippen molar-refractivity contribution >= 4 is 40.4 Å². The van der Waals surface area contributed by atoms with E-state index in [0.717, 1.165) is 5.01 Å². The molecule has 2 heterocycles. The molecule has 0 aliphatic rings. The third-order valence-corrected chi connectivity index (χ3v) is 3.16. The van der Waals surface area contributed by atoms with Gasteiger partial charge in [-0.3, -0.25) is 0 Å². The van der Waals surface area contributed by atoms with Gasteiger partial charge in [0, 0.05) is 11.1 Å². The zero-order valence-corrected chi connectivity index (χ0v) is 10.7. The Morgan fingerprint density at radius 3 is 2.81 bits per heavy atom. The summed E-state index contributed by atoms with van der Waals surface area (Å²) in [4.78, 5) is 13.1. The van der Waals surface area contributed by atoms with Crippen LogP contribution in [0, 0.1) is 6.92 Å². The Balaban J connectivity index is 2.07. The number of rotatable bonds is 3. The Kier molecular flexibility index (Phi) is 3.58. The third-order valence-electron chi connectivity index (χ3n) is 1.79. The first-order chi connectivity index (χ1) is 7.65. The molecular weight excluding hydrogens is 267 g/mol. The maximum atomic E-state index is 5.90. The average molecular weight is 275 g/mol. The van der Waals surface area contributed by atoms with E-state index < -0.39 is 0 Å². The third kappa shape index (κ3) is 2.81. The maximum Gasteiger partial charge on any atom is 0.224 e. The minimum Gasteiger partial charge on any atom is -0.362 e. The molecule has 2 rings (SSSR count). The standard InChI is InChI=1S/C9H8Cl2N4S/c1-5-2-12-7(16-5)4-13-8-6(10)3-14-9(11)15-8/h2-3H,4H2,1H3,(H,13,14,15). The Hall–Kier alpha value is -0.910. The minimum atomic E-state index is 0.169. The van der Waals surface area contributed by atoms with Gasteiger partial charge in [0.2, 0.25) is 5.28 Å². The second-order valence-electron chi connectivity index (χ2n) is 3.05. The van der Waals surface area contributed by atoms with Crippen LogP contribution in [0.2, 0.25) is 10.3 Å². The van der Waals surface area contributed by atoms with Crippen LogP contribution in [0.15, 0.2) is 12.4 Å². The molecule has 2 aromatic heterocycles. The Bertz CT molecular complexity index is 500. The summed E-state index contributed by atoms with van der Waals surface area (Å²) < 4.78 is 0. The van der Waals surface area contributed by atoms with Gasteiger partial charge in [-0.2, -0.15) is 4.98 Å². The van der Waals surface area contributed by atoms with Crippen LogP contribution >= 0.6 is 34.5 Å². The fourth-order valence-corrected chi connectivity index (χ4v) is 2.13. The van der Waals surface area contributed by atoms with Crippen LogP contribution in [-0.4, -0.2) is 15.0 Å². The summed E-state index contributed by atoms with van der Waals surface area (Å²) in [6, 6.07) is 0. The van der Waals surface area contributed by atoms with Gasteiger partial charge in [-0.15, -0.1) is 11.3 Å². The maximum absolute atomic E-state index is 5.90. The SMILES string of the molecule is Cc1cnc(CNc2nc(Cl)ncc2Cl)s1. The van der Waals surface area contributed by atoms with E-state index in [-0.39, 0.29) is 5.28 Å². The fourth-order valence-electron chi connectivity index (χ4n) is 1.11. The molecule has 16 heavy (non-hydrogen) atoms. The molecule has 0 fully saturated rings. The molecule has 0 atom stereocenters. The molecule has 2 aromatic rings. The van der Waals surface area contributed by atoms with E-state index in [2.05, 4.69) is 20.3 Å². The molecule has 7 heteroatoms. The van der Waals surface area contributed by atoms with Crippen molar-refractivity contribution in [1.29, 1.82) is 0 Å². The molecule has 0 aliphatic carbocycles. The summed E-state index contributed by atoms with van der Waals surface area (Å²) >= 11 is 13.2. The lowest BCUT2D eigenvalue weighted by Crippen LogP contribution is -2.02. The summed E-state index contributed by atoms with van der Waals surface area (Å²) in [5.74, 6) is 0.523. The Morgan fingerprint density at radius 2 is 2.12 bits per heavy atom. The molecule has 0 bridgehead atoms. The van der Waals surface area contributed by atoms with Crippen molar-refractivity contribution in [2.75, 3.05) is 5.32 Å². The lowest BCUT2D eigenvalue weighted by Gasteiger charge is -2.04. The highest BCUT2D eigenvalue weighted by atomic mass is 35.5. The molecule has 84 valence electrons. The van der Waals surface area contributed by atoms with E-state index >= 15 is 0 Å². The molecule has 1 N–H and O–H groups in total. The van der Waals surface area contributed by atoms with E-state index in [9.17, 15) is 0 Å². The number of hydrogen-bond donors (Lipinski definition) is 1. The lowest BCUT2D eigenvalue weighted by molar-refractivity contribution is 1.06. The van der Waals surface area contributed by atoms with Crippen molar-refractivity contribution in [2.24, 2.45) is 0 Å². The lowest BCUT2D eigenvalue weighted by atomic mass is 10.5. The molecule has 0 radical (unpaired) electrons. The highest BCUT2D eigenvalue weighted by Gasteiger charge is 2.05. The van der Waals surface area contributed by atoms with E-state index in [1.807, 2.05) is 13.1 Å². The largest absolute Gasteiger partial charge is 0.362 e. The van der Waals surface area contributed by atoms with Crippen LogP contribution < -0.4 is 5.32 Å². The van der Waals surface area contributed by atoms with Crippen molar-refractivity contribution in [3.05, 3.63) is 32.6 Å². The fraction of sp³-hybridized carbons (Fsp3) is 0.222. The smallest absolute Gasteiger partial charge is 0.224 e. The van der Waals surface area contributed by atoms with Gasteiger partial charge in [-0.1, -0.05) is 11.6 Å². The van der Waals surface area contributed by atoms with Crippen molar-refractivity contribution in [1.82, 2.24) is 15.0 Å². The molecule has 0 aromatic carbocycles. The number of halogens is 2. The van der Waals surface area contributed by atoms with Gasteiger partial charge in [-0.05, 0) is 18.5 Å². The van der Waals surface area contributed by atoms with Crippen molar-refractivity contribution < 1.29 is 0 Å². The summed E-state index contributed by atoms with van der Waals surface area (Å²) in [5, 5.41) is 4.65. The van der Waals surface area contributed by atoms with Crippen LogP contribution in [0.25, 0.3) is 0 Å². The van der Waals surface area contributed by atoms with E-state index in [1.54, 1.807) is 11.3 Å². The highest BCUT2D eigenvalue weighted by Crippen LogP contribution is 2.20. The van der Waals surface area contributed by atoms with Gasteiger partial charge < -0.3 is 5.32 Å². The monoisotopic (exact) mass is 274 g/mol. The van der Waals surface area contributed by atoms with Crippen LogP contribution in [-0.2, 0) is 6.54 Å². The molecule has 0 aliphatic heterocycles. The Labute approximate surface area is 107 Å². The summed E-state index contributed by atoms with van der Waals surface area (Å²) in [6.07, 6.45) is 3.29. The highest BCUT2D eigenvalue weighted by molar-refractivity contribution is 7.11. The van der Waals surface area contributed by atoms with Crippen LogP contribution in [0.1, 0.15) is 9.88 Å². The van der Waals surface area contributed by atoms with Crippen molar-refractivity contribution in [3.8, 4) is 0 Å². The first-order valence-corrected chi connectivity index (χ1v) is 6.05. The number of anilines is 1. The van der Waals surface area contributed by atoms with Gasteiger partial charge in [0.25, 0.3) is 0 Å². The van der Waals surface area contributed by atoms with Crippen LogP contribution in [0.5, 0.6) is 0 Å². The second-order valence-corrected chi connectivity index (χ2v) is 5.12. The zero-order valence-electron chi connectivity index (χ0n) is 8.37. The number of thiazole rings is 1. The molecule has 0 unspecified atom stereocenters. The van der Waals surface area contributed by atoms with Crippen LogP contribution in [0.3, 0.4) is 0 Å². The zero-order chi connectivity index (χ0) is 11.5. The number of aryl methyl sites for hydroxylation is 1. The first-order valence-electron chi connectivity index (χ1n) is 4.48. The molecule has 0 saturated heterocycles. The average Bonchev–Trinajstić information content (AvgIpc) is 2.66. The normalized spacial score (nSPS) is 10.4. The van der Waals surface area contributed by atoms with Crippen molar-refractivity contribution in [2.45, 2.75) is 13.5 Å². The predicted molar refractivity (Wildman–Crippen MR) is 66.2 cm³/mol. The predicted octanol–water partition coefficient (Wildman–Crippen LogP) is 3.16. The number of nitrogens with one attached hydrogen (secondary N) is 1. The number of aromatic nitrogens is 3. The minimum absolute atomic E-state index is 0.169. The molecular formula is C9H8Cl2N4S. The van der Waals surface area contributed by atoms with Crippen LogP contribution in [0.4, 0.5) is 5.82 Å². The summed E-state index contributed by atoms with van der Waals surface area (Å²) in [6.45, 7) is 2.58. The van der Waals surface area contributed by atoms with Gasteiger partial charge >= 0.3 is 0 Å². The molecule has 0 amide bonds. The first kappa shape index (κ1) is 11.6. The molecule has 4 nitrogen and oxygen atoms in total. The quantitative estimate of drug-likeness (QED) is 0.874. The van der Waals surface area contributed by atoms with E-state index in [4.69, 9.17) is 23.2 Å². The summed E-state index contributed by atoms with van der Waals surface area (Å²) in [5.41, 5.74) is 0. The van der Waals surface area contributed by atoms with E-state index in [1.165, 1.54) is 11.1 Å². The van der Waals surface area contributed by atoms with Gasteiger partial charge in [-0.25, -0.2) is 9.97 Å². The van der Waals surface area contributed by atoms with E-state index in [0.29, 0.717) is 17.4 Å². The molecule has 0 spiro atoms. The summed E-state index contributed by atoms with van der Waals surface area (Å²) in [7, 11) is 0. The van der Waals surface area contributed by atoms with Gasteiger partial charge in [0.1, 0.15) is 15.8 Å². The Morgan fingerprint density at radius 1 is 1.31 bits per heavy atom. The molecule has 0 saturated carbocycles. The van der Waals surface area contributed by atoms with Gasteiger partial charge in [0.15, 0.2) is 0 Å². The number of nitrogens with zero attached hydrogens (tertiary/aromatic N) is 3.